The van der Waals surface area contributed by atoms with Crippen LogP contribution in [0.2, 0.25) is 0 Å². The van der Waals surface area contributed by atoms with Crippen molar-refractivity contribution in [3.05, 3.63) is 0 Å². The fourth-order valence-corrected chi connectivity index (χ4v) is 2.50. The minimum absolute atomic E-state index is 0.0963. The van der Waals surface area contributed by atoms with Crippen LogP contribution in [-0.4, -0.2) is 47.4 Å². The van der Waals surface area contributed by atoms with Crippen molar-refractivity contribution < 1.29 is 4.79 Å². The zero-order valence-corrected chi connectivity index (χ0v) is 11.5. The second-order valence-electron chi connectivity index (χ2n) is 5.95. The minimum Gasteiger partial charge on any atom is -0.335 e. The first-order chi connectivity index (χ1) is 7.79. The molecule has 1 amide bonds. The number of carbonyl (C=O) groups excluding carboxylic acids is 1. The molecule has 0 aromatic rings. The first kappa shape index (κ1) is 14.0. The van der Waals surface area contributed by atoms with Gasteiger partial charge in [-0.3, -0.25) is 9.69 Å². The number of hydrogen-bond donors (Lipinski definition) is 0. The van der Waals surface area contributed by atoms with Gasteiger partial charge in [0, 0.05) is 18.6 Å². The topological polar surface area (TPSA) is 47.3 Å². The van der Waals surface area contributed by atoms with Gasteiger partial charge < -0.3 is 4.90 Å². The van der Waals surface area contributed by atoms with E-state index in [2.05, 4.69) is 33.8 Å². The summed E-state index contributed by atoms with van der Waals surface area (Å²) in [5, 5.41) is 8.80. The van der Waals surface area contributed by atoms with Crippen molar-refractivity contribution >= 4 is 5.91 Å². The van der Waals surface area contributed by atoms with Crippen molar-refractivity contribution in [1.82, 2.24) is 9.80 Å². The molecule has 1 unspecified atom stereocenters. The molecule has 0 bridgehead atoms. The molecule has 17 heavy (non-hydrogen) atoms. The first-order valence-corrected chi connectivity index (χ1v) is 6.18. The van der Waals surface area contributed by atoms with E-state index < -0.39 is 0 Å². The quantitative estimate of drug-likeness (QED) is 0.747. The number of rotatable bonds is 3. The summed E-state index contributed by atoms with van der Waals surface area (Å²) in [7, 11) is 1.92. The number of nitriles is 1. The zero-order chi connectivity index (χ0) is 13.2. The van der Waals surface area contributed by atoms with Crippen LogP contribution in [0, 0.1) is 17.2 Å². The summed E-state index contributed by atoms with van der Waals surface area (Å²) in [6.45, 7) is 9.99. The normalized spacial score (nSPS) is 25.1. The molecule has 4 heteroatoms. The third kappa shape index (κ3) is 2.98. The summed E-state index contributed by atoms with van der Waals surface area (Å²) in [5.41, 5.74) is -0.151. The highest BCUT2D eigenvalue weighted by atomic mass is 16.2. The Bertz CT molecular complexity index is 330. The summed E-state index contributed by atoms with van der Waals surface area (Å²) in [5.74, 6) is 0.545. The highest BCUT2D eigenvalue weighted by Gasteiger charge is 2.42. The maximum atomic E-state index is 12.4. The van der Waals surface area contributed by atoms with Gasteiger partial charge in [0.25, 0.3) is 0 Å². The lowest BCUT2D eigenvalue weighted by Crippen LogP contribution is -2.65. The Morgan fingerprint density at radius 2 is 2.12 bits per heavy atom. The van der Waals surface area contributed by atoms with Crippen molar-refractivity contribution in [2.45, 2.75) is 45.7 Å². The number of hydrogen-bond acceptors (Lipinski definition) is 3. The third-order valence-electron chi connectivity index (χ3n) is 3.28. The lowest BCUT2D eigenvalue weighted by Gasteiger charge is -2.49. The predicted molar refractivity (Wildman–Crippen MR) is 67.3 cm³/mol. The molecule has 0 saturated carbocycles. The molecule has 1 aliphatic heterocycles. The van der Waals surface area contributed by atoms with Gasteiger partial charge in [0.1, 0.15) is 6.04 Å². The number of likely N-dealkylation sites (N-methyl/N-ethyl adjacent to an activating group) is 1. The molecule has 1 rings (SSSR count). The number of carbonyl (C=O) groups is 1. The van der Waals surface area contributed by atoms with E-state index in [-0.39, 0.29) is 23.9 Å². The van der Waals surface area contributed by atoms with Crippen LogP contribution in [0.15, 0.2) is 0 Å². The second kappa shape index (κ2) is 5.05. The first-order valence-electron chi connectivity index (χ1n) is 6.18. The molecule has 96 valence electrons. The molecule has 1 saturated heterocycles. The van der Waals surface area contributed by atoms with Gasteiger partial charge in [-0.25, -0.2) is 0 Å². The van der Waals surface area contributed by atoms with E-state index in [4.69, 9.17) is 5.26 Å². The summed E-state index contributed by atoms with van der Waals surface area (Å²) >= 11 is 0. The molecule has 1 aliphatic rings. The van der Waals surface area contributed by atoms with Gasteiger partial charge in [-0.1, -0.05) is 13.8 Å². The minimum atomic E-state index is -0.272. The molecule has 0 spiro atoms. The lowest BCUT2D eigenvalue weighted by atomic mass is 9.93. The Balaban J connectivity index is 2.93. The Morgan fingerprint density at radius 1 is 1.53 bits per heavy atom. The van der Waals surface area contributed by atoms with Crippen molar-refractivity contribution in [1.29, 1.82) is 5.26 Å². The van der Waals surface area contributed by atoms with Crippen molar-refractivity contribution in [2.75, 3.05) is 20.1 Å². The maximum absolute atomic E-state index is 12.4. The zero-order valence-electron chi connectivity index (χ0n) is 11.5. The fourth-order valence-electron chi connectivity index (χ4n) is 2.50. The van der Waals surface area contributed by atoms with Crippen LogP contribution in [0.25, 0.3) is 0 Å². The molecule has 1 heterocycles. The smallest absolute Gasteiger partial charge is 0.241 e. The SMILES string of the molecule is CC(C)CN1C(=O)C(CC#N)N(C)CC1(C)C. The standard InChI is InChI=1S/C13H23N3O/c1-10(2)8-16-12(17)11(6-7-14)15(5)9-13(16,3)4/h10-11H,6,8-9H2,1-5H3. The number of amides is 1. The Hall–Kier alpha value is -1.08. The van der Waals surface area contributed by atoms with Crippen LogP contribution in [-0.2, 0) is 4.79 Å². The lowest BCUT2D eigenvalue weighted by molar-refractivity contribution is -0.151. The van der Waals surface area contributed by atoms with Crippen LogP contribution < -0.4 is 0 Å². The summed E-state index contributed by atoms with van der Waals surface area (Å²) in [6, 6.07) is 1.84. The van der Waals surface area contributed by atoms with Crippen LogP contribution in [0.4, 0.5) is 0 Å². The molecule has 1 atom stereocenters. The molecule has 0 aromatic heterocycles. The number of piperazine rings is 1. The molecule has 0 radical (unpaired) electrons. The second-order valence-corrected chi connectivity index (χ2v) is 5.95. The molecule has 0 aliphatic carbocycles. The maximum Gasteiger partial charge on any atom is 0.241 e. The largest absolute Gasteiger partial charge is 0.335 e. The molecular weight excluding hydrogens is 214 g/mol. The summed E-state index contributed by atoms with van der Waals surface area (Å²) in [4.78, 5) is 16.4. The monoisotopic (exact) mass is 237 g/mol. The van der Waals surface area contributed by atoms with Crippen molar-refractivity contribution in [3.8, 4) is 6.07 Å². The van der Waals surface area contributed by atoms with E-state index in [9.17, 15) is 4.79 Å². The summed E-state index contributed by atoms with van der Waals surface area (Å²) < 4.78 is 0. The Kier molecular flexibility index (Phi) is 4.16. The van der Waals surface area contributed by atoms with Crippen molar-refractivity contribution in [2.24, 2.45) is 5.92 Å². The van der Waals surface area contributed by atoms with Crippen molar-refractivity contribution in [3.63, 3.8) is 0 Å². The summed E-state index contributed by atoms with van der Waals surface area (Å²) in [6.07, 6.45) is 0.278. The molecular formula is C13H23N3O. The Morgan fingerprint density at radius 3 is 2.59 bits per heavy atom. The van der Waals surface area contributed by atoms with E-state index in [1.165, 1.54) is 0 Å². The molecule has 0 N–H and O–H groups in total. The van der Waals surface area contributed by atoms with E-state index >= 15 is 0 Å². The van der Waals surface area contributed by atoms with Gasteiger partial charge in [-0.05, 0) is 26.8 Å². The van der Waals surface area contributed by atoms with Crippen LogP contribution in [0.3, 0.4) is 0 Å². The van der Waals surface area contributed by atoms with E-state index in [1.807, 2.05) is 16.8 Å². The van der Waals surface area contributed by atoms with Gasteiger partial charge in [0.05, 0.1) is 12.5 Å². The molecule has 0 aromatic carbocycles. The average Bonchev–Trinajstić information content (AvgIpc) is 2.18. The van der Waals surface area contributed by atoms with Gasteiger partial charge in [0.2, 0.25) is 5.91 Å². The third-order valence-corrected chi connectivity index (χ3v) is 3.28. The Labute approximate surface area is 104 Å². The number of nitrogens with zero attached hydrogens (tertiary/aromatic N) is 3. The van der Waals surface area contributed by atoms with Gasteiger partial charge in [-0.2, -0.15) is 5.26 Å². The van der Waals surface area contributed by atoms with Crippen LogP contribution >= 0.6 is 0 Å². The van der Waals surface area contributed by atoms with Gasteiger partial charge in [-0.15, -0.1) is 0 Å². The van der Waals surface area contributed by atoms with Gasteiger partial charge in [0.15, 0.2) is 0 Å². The highest BCUT2D eigenvalue weighted by Crippen LogP contribution is 2.26. The predicted octanol–water partition coefficient (Wildman–Crippen LogP) is 1.48. The fraction of sp³-hybridized carbons (Fsp3) is 0.846. The highest BCUT2D eigenvalue weighted by molar-refractivity contribution is 5.83. The van der Waals surface area contributed by atoms with Gasteiger partial charge >= 0.3 is 0 Å². The van der Waals surface area contributed by atoms with E-state index in [1.54, 1.807) is 0 Å². The van der Waals surface area contributed by atoms with E-state index in [0.717, 1.165) is 13.1 Å². The van der Waals surface area contributed by atoms with E-state index in [0.29, 0.717) is 5.92 Å². The van der Waals surface area contributed by atoms with Crippen LogP contribution in [0.5, 0.6) is 0 Å². The molecule has 1 fully saturated rings. The van der Waals surface area contributed by atoms with Crippen LogP contribution in [0.1, 0.15) is 34.1 Å². The molecule has 4 nitrogen and oxygen atoms in total. The average molecular weight is 237 g/mol.